The van der Waals surface area contributed by atoms with E-state index in [1.54, 1.807) is 0 Å². The summed E-state index contributed by atoms with van der Waals surface area (Å²) < 4.78 is 5.19. The van der Waals surface area contributed by atoms with Gasteiger partial charge >= 0.3 is 0 Å². The number of rotatable bonds is 7. The van der Waals surface area contributed by atoms with E-state index in [0.29, 0.717) is 12.8 Å². The van der Waals surface area contributed by atoms with Crippen LogP contribution < -0.4 is 5.32 Å². The van der Waals surface area contributed by atoms with Gasteiger partial charge in [-0.3, -0.25) is 4.79 Å². The van der Waals surface area contributed by atoms with Gasteiger partial charge in [-0.05, 0) is 26.7 Å². The minimum absolute atomic E-state index is 0.0343. The number of nitrogens with one attached hydrogen (secondary N) is 1. The molecule has 0 aromatic rings. The van der Waals surface area contributed by atoms with Gasteiger partial charge in [0.15, 0.2) is 0 Å². The van der Waals surface area contributed by atoms with E-state index in [1.165, 1.54) is 0 Å². The lowest BCUT2D eigenvalue weighted by atomic mass is 9.94. The lowest BCUT2D eigenvalue weighted by molar-refractivity contribution is -0.129. The van der Waals surface area contributed by atoms with E-state index in [9.17, 15) is 9.90 Å². The zero-order valence-electron chi connectivity index (χ0n) is 10.2. The van der Waals surface area contributed by atoms with Gasteiger partial charge in [-0.15, -0.1) is 0 Å². The number of hydrogen-bond acceptors (Lipinski definition) is 3. The van der Waals surface area contributed by atoms with Crippen LogP contribution in [0.4, 0.5) is 0 Å². The summed E-state index contributed by atoms with van der Waals surface area (Å²) in [5.41, 5.74) is -0.489. The first-order valence-electron chi connectivity index (χ1n) is 5.53. The smallest absolute Gasteiger partial charge is 0.246 e. The molecule has 0 heterocycles. The number of carbonyl (C=O) groups excluding carboxylic acids is 1. The Morgan fingerprint density at radius 2 is 1.93 bits per heavy atom. The highest BCUT2D eigenvalue weighted by atomic mass is 16.5. The second kappa shape index (κ2) is 6.80. The van der Waals surface area contributed by atoms with Gasteiger partial charge < -0.3 is 15.2 Å². The second-order valence-electron chi connectivity index (χ2n) is 4.05. The van der Waals surface area contributed by atoms with Gasteiger partial charge in [0.25, 0.3) is 0 Å². The summed E-state index contributed by atoms with van der Waals surface area (Å²) in [6, 6.07) is 0. The maximum atomic E-state index is 11.5. The highest BCUT2D eigenvalue weighted by Gasteiger charge is 2.26. The van der Waals surface area contributed by atoms with Crippen molar-refractivity contribution in [3.05, 3.63) is 0 Å². The fourth-order valence-corrected chi connectivity index (χ4v) is 1.26. The molecule has 0 unspecified atom stereocenters. The molecule has 0 aliphatic heterocycles. The highest BCUT2D eigenvalue weighted by Crippen LogP contribution is 2.13. The van der Waals surface area contributed by atoms with Crippen molar-refractivity contribution in [2.75, 3.05) is 13.2 Å². The summed E-state index contributed by atoms with van der Waals surface area (Å²) in [5.74, 6) is -0.165. The SMILES string of the molecule is CCC(CC)(CO)NC(=O)COC(C)C. The van der Waals surface area contributed by atoms with E-state index >= 15 is 0 Å². The van der Waals surface area contributed by atoms with Crippen LogP contribution in [0.5, 0.6) is 0 Å². The third kappa shape index (κ3) is 5.14. The Hall–Kier alpha value is -0.610. The predicted molar refractivity (Wildman–Crippen MR) is 59.6 cm³/mol. The molecule has 0 aliphatic carbocycles. The predicted octanol–water partition coefficient (Wildman–Crippen LogP) is 1.08. The Kier molecular flexibility index (Phi) is 6.52. The minimum Gasteiger partial charge on any atom is -0.394 e. The monoisotopic (exact) mass is 217 g/mol. The number of amides is 1. The molecule has 0 atom stereocenters. The average Bonchev–Trinajstić information content (AvgIpc) is 2.23. The molecule has 0 aromatic carbocycles. The molecule has 0 aromatic heterocycles. The van der Waals surface area contributed by atoms with Crippen molar-refractivity contribution in [3.63, 3.8) is 0 Å². The standard InChI is InChI=1S/C11H23NO3/c1-5-11(6-2,8-13)12-10(14)7-15-9(3)4/h9,13H,5-8H2,1-4H3,(H,12,14). The van der Waals surface area contributed by atoms with Crippen LogP contribution in [0.3, 0.4) is 0 Å². The van der Waals surface area contributed by atoms with Gasteiger partial charge in [0, 0.05) is 0 Å². The third-order valence-corrected chi connectivity index (χ3v) is 2.61. The number of aliphatic hydroxyl groups is 1. The normalized spacial score (nSPS) is 11.9. The molecule has 0 bridgehead atoms. The zero-order chi connectivity index (χ0) is 11.9. The second-order valence-corrected chi connectivity index (χ2v) is 4.05. The molecule has 0 radical (unpaired) electrons. The van der Waals surface area contributed by atoms with Crippen LogP contribution >= 0.6 is 0 Å². The van der Waals surface area contributed by atoms with Crippen LogP contribution in [0.15, 0.2) is 0 Å². The number of hydrogen-bond donors (Lipinski definition) is 2. The first-order valence-corrected chi connectivity index (χ1v) is 5.53. The minimum atomic E-state index is -0.489. The summed E-state index contributed by atoms with van der Waals surface area (Å²) >= 11 is 0. The zero-order valence-corrected chi connectivity index (χ0v) is 10.2. The molecule has 0 aliphatic rings. The average molecular weight is 217 g/mol. The molecule has 2 N–H and O–H groups in total. The fraction of sp³-hybridized carbons (Fsp3) is 0.909. The van der Waals surface area contributed by atoms with Gasteiger partial charge in [-0.25, -0.2) is 0 Å². The van der Waals surface area contributed by atoms with E-state index in [1.807, 2.05) is 27.7 Å². The van der Waals surface area contributed by atoms with Crippen molar-refractivity contribution < 1.29 is 14.6 Å². The van der Waals surface area contributed by atoms with Crippen LogP contribution in [0.25, 0.3) is 0 Å². The highest BCUT2D eigenvalue weighted by molar-refractivity contribution is 5.78. The van der Waals surface area contributed by atoms with E-state index < -0.39 is 5.54 Å². The van der Waals surface area contributed by atoms with Crippen molar-refractivity contribution in [2.24, 2.45) is 0 Å². The summed E-state index contributed by atoms with van der Waals surface area (Å²) in [5, 5.41) is 12.1. The Bertz CT molecular complexity index is 180. The van der Waals surface area contributed by atoms with Crippen molar-refractivity contribution >= 4 is 5.91 Å². The van der Waals surface area contributed by atoms with Crippen molar-refractivity contribution in [3.8, 4) is 0 Å². The van der Waals surface area contributed by atoms with Crippen molar-refractivity contribution in [1.82, 2.24) is 5.32 Å². The van der Waals surface area contributed by atoms with E-state index in [-0.39, 0.29) is 25.2 Å². The van der Waals surface area contributed by atoms with Crippen LogP contribution in [-0.4, -0.2) is 35.9 Å². The topological polar surface area (TPSA) is 58.6 Å². The molecule has 1 amide bonds. The Balaban J connectivity index is 4.11. The molecular weight excluding hydrogens is 194 g/mol. The Morgan fingerprint density at radius 3 is 2.27 bits per heavy atom. The molecule has 4 nitrogen and oxygen atoms in total. The molecule has 0 rings (SSSR count). The molecule has 0 saturated heterocycles. The van der Waals surface area contributed by atoms with Crippen molar-refractivity contribution in [2.45, 2.75) is 52.2 Å². The largest absolute Gasteiger partial charge is 0.394 e. The van der Waals surface area contributed by atoms with Crippen LogP contribution in [0.1, 0.15) is 40.5 Å². The summed E-state index contributed by atoms with van der Waals surface area (Å²) in [4.78, 5) is 11.5. The van der Waals surface area contributed by atoms with Gasteiger partial charge in [-0.1, -0.05) is 13.8 Å². The van der Waals surface area contributed by atoms with E-state index in [0.717, 1.165) is 0 Å². The maximum absolute atomic E-state index is 11.5. The number of carbonyl (C=O) groups is 1. The molecule has 90 valence electrons. The van der Waals surface area contributed by atoms with E-state index in [2.05, 4.69) is 5.32 Å². The lowest BCUT2D eigenvalue weighted by Crippen LogP contribution is -2.51. The van der Waals surface area contributed by atoms with Crippen LogP contribution in [0.2, 0.25) is 0 Å². The quantitative estimate of drug-likeness (QED) is 0.671. The molecular formula is C11H23NO3. The van der Waals surface area contributed by atoms with Crippen LogP contribution in [0, 0.1) is 0 Å². The van der Waals surface area contributed by atoms with Crippen LogP contribution in [-0.2, 0) is 9.53 Å². The number of aliphatic hydroxyl groups excluding tert-OH is 1. The van der Waals surface area contributed by atoms with Gasteiger partial charge in [0.1, 0.15) is 6.61 Å². The Labute approximate surface area is 92.0 Å². The third-order valence-electron chi connectivity index (χ3n) is 2.61. The van der Waals surface area contributed by atoms with E-state index in [4.69, 9.17) is 4.74 Å². The molecule has 4 heteroatoms. The maximum Gasteiger partial charge on any atom is 0.246 e. The number of ether oxygens (including phenoxy) is 1. The molecule has 0 spiro atoms. The molecule has 0 saturated carbocycles. The van der Waals surface area contributed by atoms with Gasteiger partial charge in [0.05, 0.1) is 18.2 Å². The van der Waals surface area contributed by atoms with Gasteiger partial charge in [0.2, 0.25) is 5.91 Å². The summed E-state index contributed by atoms with van der Waals surface area (Å²) in [7, 11) is 0. The first-order chi connectivity index (χ1) is 6.99. The Morgan fingerprint density at radius 1 is 1.40 bits per heavy atom. The summed E-state index contributed by atoms with van der Waals surface area (Å²) in [6.07, 6.45) is 1.48. The lowest BCUT2D eigenvalue weighted by Gasteiger charge is -2.30. The van der Waals surface area contributed by atoms with Crippen molar-refractivity contribution in [1.29, 1.82) is 0 Å². The summed E-state index contributed by atoms with van der Waals surface area (Å²) in [6.45, 7) is 7.68. The molecule has 15 heavy (non-hydrogen) atoms. The molecule has 0 fully saturated rings. The van der Waals surface area contributed by atoms with Gasteiger partial charge in [-0.2, -0.15) is 0 Å². The fourth-order valence-electron chi connectivity index (χ4n) is 1.26. The first kappa shape index (κ1) is 14.4.